The molecule has 4 heteroatoms. The molecule has 2 amide bonds. The van der Waals surface area contributed by atoms with Gasteiger partial charge in [0.15, 0.2) is 0 Å². The van der Waals surface area contributed by atoms with Gasteiger partial charge in [-0.2, -0.15) is 0 Å². The van der Waals surface area contributed by atoms with Crippen molar-refractivity contribution >= 4 is 6.03 Å². The molecule has 0 bridgehead atoms. The molecule has 0 saturated carbocycles. The molecular formula is C13H18N2O2. The highest BCUT2D eigenvalue weighted by atomic mass is 16.5. The molecule has 0 aliphatic carbocycles. The third-order valence-corrected chi connectivity index (χ3v) is 2.75. The quantitative estimate of drug-likeness (QED) is 0.836. The van der Waals surface area contributed by atoms with E-state index in [-0.39, 0.29) is 12.1 Å². The van der Waals surface area contributed by atoms with Gasteiger partial charge in [0, 0.05) is 6.54 Å². The Balaban J connectivity index is 1.88. The highest BCUT2D eigenvalue weighted by molar-refractivity contribution is 5.74. The number of para-hydroxylation sites is 1. The molecule has 0 aromatic heterocycles. The molecule has 0 fully saturated rings. The van der Waals surface area contributed by atoms with Crippen molar-refractivity contribution in [1.29, 1.82) is 0 Å². The van der Waals surface area contributed by atoms with Crippen LogP contribution in [0.2, 0.25) is 0 Å². The number of fused-ring (bicyclic) bond motifs is 1. The number of carbonyl (C=O) groups excluding carboxylic acids is 1. The molecule has 92 valence electrons. The maximum absolute atomic E-state index is 11.5. The van der Waals surface area contributed by atoms with Crippen molar-refractivity contribution in [2.24, 2.45) is 0 Å². The standard InChI is InChI=1S/C13H18N2O2/c1-2-7-14-13(16)15-11-8-10-5-3-4-6-12(10)17-9-11/h3-6,11H,2,7-9H2,1H3,(H2,14,15,16)/t11-/m1/s1. The monoisotopic (exact) mass is 234 g/mol. The highest BCUT2D eigenvalue weighted by Crippen LogP contribution is 2.23. The van der Waals surface area contributed by atoms with Gasteiger partial charge in [-0.15, -0.1) is 0 Å². The molecule has 1 heterocycles. The van der Waals surface area contributed by atoms with Gasteiger partial charge in [0.2, 0.25) is 0 Å². The van der Waals surface area contributed by atoms with E-state index < -0.39 is 0 Å². The normalized spacial score (nSPS) is 17.8. The zero-order chi connectivity index (χ0) is 12.1. The lowest BCUT2D eigenvalue weighted by atomic mass is 10.0. The zero-order valence-corrected chi connectivity index (χ0v) is 10.0. The summed E-state index contributed by atoms with van der Waals surface area (Å²) < 4.78 is 5.60. The van der Waals surface area contributed by atoms with E-state index in [1.165, 1.54) is 0 Å². The molecule has 1 aromatic carbocycles. The molecule has 1 aliphatic heterocycles. The van der Waals surface area contributed by atoms with Gasteiger partial charge in [0.1, 0.15) is 12.4 Å². The Morgan fingerprint density at radius 2 is 2.29 bits per heavy atom. The van der Waals surface area contributed by atoms with Crippen LogP contribution in [0.1, 0.15) is 18.9 Å². The summed E-state index contributed by atoms with van der Waals surface area (Å²) in [7, 11) is 0. The first-order valence-corrected chi connectivity index (χ1v) is 6.04. The lowest BCUT2D eigenvalue weighted by Gasteiger charge is -2.26. The van der Waals surface area contributed by atoms with Gasteiger partial charge >= 0.3 is 6.03 Å². The number of benzene rings is 1. The van der Waals surface area contributed by atoms with Crippen LogP contribution in [0.3, 0.4) is 0 Å². The second-order valence-electron chi connectivity index (χ2n) is 4.22. The van der Waals surface area contributed by atoms with Crippen LogP contribution in [0, 0.1) is 0 Å². The summed E-state index contributed by atoms with van der Waals surface area (Å²) in [5, 5.41) is 5.72. The van der Waals surface area contributed by atoms with Gasteiger partial charge in [0.25, 0.3) is 0 Å². The fourth-order valence-corrected chi connectivity index (χ4v) is 1.90. The number of hydrogen-bond donors (Lipinski definition) is 2. The van der Waals surface area contributed by atoms with Crippen molar-refractivity contribution in [3.05, 3.63) is 29.8 Å². The van der Waals surface area contributed by atoms with Crippen molar-refractivity contribution in [3.63, 3.8) is 0 Å². The lowest BCUT2D eigenvalue weighted by Crippen LogP contribution is -2.47. The van der Waals surface area contributed by atoms with E-state index in [0.29, 0.717) is 13.2 Å². The SMILES string of the molecule is CCCNC(=O)N[C@H]1COc2ccccc2C1. The summed E-state index contributed by atoms with van der Waals surface area (Å²) in [6.45, 7) is 3.27. The minimum Gasteiger partial charge on any atom is -0.491 e. The fraction of sp³-hybridized carbons (Fsp3) is 0.462. The minimum absolute atomic E-state index is 0.0572. The van der Waals surface area contributed by atoms with Crippen LogP contribution < -0.4 is 15.4 Å². The first-order valence-electron chi connectivity index (χ1n) is 6.04. The van der Waals surface area contributed by atoms with Crippen molar-refractivity contribution in [1.82, 2.24) is 10.6 Å². The second kappa shape index (κ2) is 5.57. The average molecular weight is 234 g/mol. The van der Waals surface area contributed by atoms with Gasteiger partial charge in [-0.05, 0) is 24.5 Å². The van der Waals surface area contributed by atoms with Gasteiger partial charge in [-0.3, -0.25) is 0 Å². The van der Waals surface area contributed by atoms with Crippen molar-refractivity contribution in [3.8, 4) is 5.75 Å². The predicted octanol–water partition coefficient (Wildman–Crippen LogP) is 1.70. The van der Waals surface area contributed by atoms with Gasteiger partial charge in [0.05, 0.1) is 6.04 Å². The number of amides is 2. The molecule has 1 aromatic rings. The second-order valence-corrected chi connectivity index (χ2v) is 4.22. The Labute approximate surface area is 101 Å². The van der Waals surface area contributed by atoms with E-state index in [1.807, 2.05) is 31.2 Å². The number of carbonyl (C=O) groups is 1. The van der Waals surface area contributed by atoms with Crippen LogP contribution in [0.25, 0.3) is 0 Å². The Hall–Kier alpha value is -1.71. The molecule has 0 saturated heterocycles. The molecule has 0 unspecified atom stereocenters. The summed E-state index contributed by atoms with van der Waals surface area (Å²) >= 11 is 0. The number of urea groups is 1. The van der Waals surface area contributed by atoms with Gasteiger partial charge in [-0.25, -0.2) is 4.79 Å². The Morgan fingerprint density at radius 3 is 3.12 bits per heavy atom. The molecule has 0 radical (unpaired) electrons. The van der Waals surface area contributed by atoms with E-state index in [9.17, 15) is 4.79 Å². The fourth-order valence-electron chi connectivity index (χ4n) is 1.90. The molecule has 1 atom stereocenters. The zero-order valence-electron chi connectivity index (χ0n) is 10.0. The Morgan fingerprint density at radius 1 is 1.47 bits per heavy atom. The predicted molar refractivity (Wildman–Crippen MR) is 66.3 cm³/mol. The van der Waals surface area contributed by atoms with E-state index in [2.05, 4.69) is 10.6 Å². The lowest BCUT2D eigenvalue weighted by molar-refractivity contribution is 0.214. The summed E-state index contributed by atoms with van der Waals surface area (Å²) in [4.78, 5) is 11.5. The molecule has 4 nitrogen and oxygen atoms in total. The van der Waals surface area contributed by atoms with E-state index in [4.69, 9.17) is 4.74 Å². The van der Waals surface area contributed by atoms with Gasteiger partial charge < -0.3 is 15.4 Å². The van der Waals surface area contributed by atoms with Gasteiger partial charge in [-0.1, -0.05) is 25.1 Å². The molecule has 2 N–H and O–H groups in total. The number of rotatable bonds is 3. The summed E-state index contributed by atoms with van der Waals surface area (Å²) in [6, 6.07) is 7.89. The summed E-state index contributed by atoms with van der Waals surface area (Å²) in [5.41, 5.74) is 1.15. The maximum atomic E-state index is 11.5. The number of ether oxygens (including phenoxy) is 1. The van der Waals surface area contributed by atoms with Crippen molar-refractivity contribution in [2.75, 3.05) is 13.2 Å². The smallest absolute Gasteiger partial charge is 0.315 e. The van der Waals surface area contributed by atoms with Crippen molar-refractivity contribution in [2.45, 2.75) is 25.8 Å². The van der Waals surface area contributed by atoms with Crippen molar-refractivity contribution < 1.29 is 9.53 Å². The molecule has 17 heavy (non-hydrogen) atoms. The Kier molecular flexibility index (Phi) is 3.85. The minimum atomic E-state index is -0.111. The molecule has 1 aliphatic rings. The topological polar surface area (TPSA) is 50.4 Å². The van der Waals surface area contributed by atoms with Crippen LogP contribution in [0.5, 0.6) is 5.75 Å². The first kappa shape index (κ1) is 11.8. The van der Waals surface area contributed by atoms with Crippen LogP contribution in [-0.2, 0) is 6.42 Å². The first-order chi connectivity index (χ1) is 8.29. The van der Waals surface area contributed by atoms with Crippen LogP contribution in [0.15, 0.2) is 24.3 Å². The van der Waals surface area contributed by atoms with Crippen LogP contribution >= 0.6 is 0 Å². The third-order valence-electron chi connectivity index (χ3n) is 2.75. The van der Waals surface area contributed by atoms with E-state index >= 15 is 0 Å². The number of hydrogen-bond acceptors (Lipinski definition) is 2. The molecule has 0 spiro atoms. The average Bonchev–Trinajstić information content (AvgIpc) is 2.36. The van der Waals surface area contributed by atoms with E-state index in [0.717, 1.165) is 24.2 Å². The maximum Gasteiger partial charge on any atom is 0.315 e. The Bertz CT molecular complexity index is 393. The summed E-state index contributed by atoms with van der Waals surface area (Å²) in [6.07, 6.45) is 1.77. The number of nitrogens with one attached hydrogen (secondary N) is 2. The third kappa shape index (κ3) is 3.12. The molecular weight excluding hydrogens is 216 g/mol. The highest BCUT2D eigenvalue weighted by Gasteiger charge is 2.20. The van der Waals surface area contributed by atoms with E-state index in [1.54, 1.807) is 0 Å². The van der Waals surface area contributed by atoms with Crippen LogP contribution in [0.4, 0.5) is 4.79 Å². The summed E-state index contributed by atoms with van der Waals surface area (Å²) in [5.74, 6) is 0.930. The largest absolute Gasteiger partial charge is 0.491 e. The molecule has 2 rings (SSSR count). The van der Waals surface area contributed by atoms with Crippen LogP contribution in [-0.4, -0.2) is 25.2 Å².